The fourth-order valence-corrected chi connectivity index (χ4v) is 3.09. The van der Waals surface area contributed by atoms with Crippen molar-refractivity contribution in [3.63, 3.8) is 0 Å². The molecule has 1 aliphatic rings. The second-order valence-electron chi connectivity index (χ2n) is 6.16. The highest BCUT2D eigenvalue weighted by Crippen LogP contribution is 2.20. The number of hydrogen-bond acceptors (Lipinski definition) is 3. The highest BCUT2D eigenvalue weighted by atomic mass is 16.1. The van der Waals surface area contributed by atoms with Crippen LogP contribution in [0.5, 0.6) is 0 Å². The first kappa shape index (κ1) is 19.7. The largest absolute Gasteiger partial charge is 0.359 e. The maximum Gasteiger partial charge on any atom is 0.220 e. The molecule has 0 radical (unpaired) electrons. The van der Waals surface area contributed by atoms with Crippen LogP contribution in [0, 0.1) is 5.92 Å². The van der Waals surface area contributed by atoms with Gasteiger partial charge in [0.1, 0.15) is 0 Å². The van der Waals surface area contributed by atoms with Crippen LogP contribution in [0.25, 0.3) is 0 Å². The molecule has 1 fully saturated rings. The Morgan fingerprint density at radius 2 is 1.91 bits per heavy atom. The van der Waals surface area contributed by atoms with Gasteiger partial charge in [-0.15, -0.1) is 0 Å². The number of nitrogens with one attached hydrogen (secondary N) is 2. The number of carbonyl (C=O) groups excluding carboxylic acids is 1. The molecule has 1 saturated heterocycles. The van der Waals surface area contributed by atoms with E-state index in [-0.39, 0.29) is 5.91 Å². The smallest absolute Gasteiger partial charge is 0.220 e. The minimum atomic E-state index is 0.155. The van der Waals surface area contributed by atoms with E-state index in [1.165, 1.54) is 0 Å². The maximum atomic E-state index is 11.5. The maximum absolute atomic E-state index is 11.5. The van der Waals surface area contributed by atoms with Crippen molar-refractivity contribution in [2.75, 3.05) is 53.4 Å². The van der Waals surface area contributed by atoms with Gasteiger partial charge in [0.15, 0.2) is 5.96 Å². The Bertz CT molecular complexity index is 360. The molecule has 1 heterocycles. The molecule has 0 unspecified atom stereocenters. The number of aliphatic imine (C=N–C) groups is 1. The van der Waals surface area contributed by atoms with E-state index < -0.39 is 0 Å². The van der Waals surface area contributed by atoms with Gasteiger partial charge in [0.25, 0.3) is 0 Å². The third-order valence-electron chi connectivity index (χ3n) is 4.71. The normalized spacial score (nSPS) is 16.7. The zero-order valence-corrected chi connectivity index (χ0v) is 15.4. The van der Waals surface area contributed by atoms with E-state index >= 15 is 0 Å². The summed E-state index contributed by atoms with van der Waals surface area (Å²) in [6, 6.07) is 0. The number of amides is 1. The topological polar surface area (TPSA) is 60.0 Å². The summed E-state index contributed by atoms with van der Waals surface area (Å²) >= 11 is 0. The first-order valence-corrected chi connectivity index (χ1v) is 9.03. The summed E-state index contributed by atoms with van der Waals surface area (Å²) < 4.78 is 0. The predicted octanol–water partition coefficient (Wildman–Crippen LogP) is 1.14. The van der Waals surface area contributed by atoms with Gasteiger partial charge >= 0.3 is 0 Å². The number of carbonyl (C=O) groups is 1. The molecule has 134 valence electrons. The summed E-state index contributed by atoms with van der Waals surface area (Å²) in [5, 5.41) is 6.20. The second kappa shape index (κ2) is 11.3. The van der Waals surface area contributed by atoms with Gasteiger partial charge in [-0.05, 0) is 44.8 Å². The SMILES string of the molecule is CCN(CC)CCCNC(=NC)N1CCC(CC(=O)NC)CC1. The van der Waals surface area contributed by atoms with Crippen molar-refractivity contribution in [3.8, 4) is 0 Å². The summed E-state index contributed by atoms with van der Waals surface area (Å²) in [7, 11) is 3.56. The van der Waals surface area contributed by atoms with Crippen molar-refractivity contribution >= 4 is 11.9 Å². The zero-order valence-electron chi connectivity index (χ0n) is 15.4. The summed E-state index contributed by atoms with van der Waals surface area (Å²) in [5.74, 6) is 1.66. The van der Waals surface area contributed by atoms with Crippen LogP contribution in [0.1, 0.15) is 39.5 Å². The number of nitrogens with zero attached hydrogens (tertiary/aromatic N) is 3. The fraction of sp³-hybridized carbons (Fsp3) is 0.882. The van der Waals surface area contributed by atoms with Gasteiger partial charge in [-0.2, -0.15) is 0 Å². The van der Waals surface area contributed by atoms with Crippen molar-refractivity contribution in [1.82, 2.24) is 20.4 Å². The number of piperidine rings is 1. The van der Waals surface area contributed by atoms with E-state index in [1.807, 2.05) is 7.05 Å². The first-order chi connectivity index (χ1) is 11.1. The highest BCUT2D eigenvalue weighted by Gasteiger charge is 2.22. The Kier molecular flexibility index (Phi) is 9.67. The van der Waals surface area contributed by atoms with Gasteiger partial charge in [0.05, 0.1) is 0 Å². The molecular weight excluding hydrogens is 290 g/mol. The third-order valence-corrected chi connectivity index (χ3v) is 4.71. The van der Waals surface area contributed by atoms with Crippen molar-refractivity contribution in [2.24, 2.45) is 10.9 Å². The Labute approximate surface area is 141 Å². The molecule has 6 nitrogen and oxygen atoms in total. The average molecular weight is 326 g/mol. The van der Waals surface area contributed by atoms with Gasteiger partial charge < -0.3 is 20.4 Å². The molecule has 0 atom stereocenters. The molecule has 0 aromatic heterocycles. The van der Waals surface area contributed by atoms with Crippen LogP contribution in [-0.2, 0) is 4.79 Å². The summed E-state index contributed by atoms with van der Waals surface area (Å²) in [6.45, 7) is 10.7. The first-order valence-electron chi connectivity index (χ1n) is 9.03. The van der Waals surface area contributed by atoms with Crippen LogP contribution in [0.4, 0.5) is 0 Å². The standard InChI is InChI=1S/C17H35N5O/c1-5-21(6-2)11-7-10-20-17(19-4)22-12-8-15(9-13-22)14-16(23)18-3/h15H,5-14H2,1-4H3,(H,18,23)(H,19,20). The molecule has 2 N–H and O–H groups in total. The molecule has 0 saturated carbocycles. The minimum absolute atomic E-state index is 0.155. The lowest BCUT2D eigenvalue weighted by Crippen LogP contribution is -2.46. The number of guanidine groups is 1. The van der Waals surface area contributed by atoms with Crippen LogP contribution in [0.3, 0.4) is 0 Å². The molecule has 0 aromatic rings. The van der Waals surface area contributed by atoms with Gasteiger partial charge in [0.2, 0.25) is 5.91 Å². The van der Waals surface area contributed by atoms with Gasteiger partial charge in [-0.25, -0.2) is 0 Å². The molecule has 0 aliphatic carbocycles. The summed E-state index contributed by atoms with van der Waals surface area (Å²) in [6.07, 6.45) is 3.91. The molecule has 1 rings (SSSR count). The van der Waals surface area contributed by atoms with Gasteiger partial charge in [0, 0.05) is 40.2 Å². The summed E-state index contributed by atoms with van der Waals surface area (Å²) in [4.78, 5) is 20.6. The van der Waals surface area contributed by atoms with Crippen LogP contribution in [0.2, 0.25) is 0 Å². The average Bonchev–Trinajstić information content (AvgIpc) is 2.59. The molecule has 23 heavy (non-hydrogen) atoms. The Hall–Kier alpha value is -1.30. The molecule has 6 heteroatoms. The second-order valence-corrected chi connectivity index (χ2v) is 6.16. The third kappa shape index (κ3) is 7.20. The van der Waals surface area contributed by atoms with Crippen molar-refractivity contribution in [3.05, 3.63) is 0 Å². The molecule has 1 amide bonds. The Morgan fingerprint density at radius 3 is 2.43 bits per heavy atom. The van der Waals surface area contributed by atoms with E-state index in [0.29, 0.717) is 12.3 Å². The van der Waals surface area contributed by atoms with Gasteiger partial charge in [-0.1, -0.05) is 13.8 Å². The molecule has 1 aliphatic heterocycles. The van der Waals surface area contributed by atoms with E-state index in [4.69, 9.17) is 0 Å². The lowest BCUT2D eigenvalue weighted by molar-refractivity contribution is -0.121. The highest BCUT2D eigenvalue weighted by molar-refractivity contribution is 5.80. The quantitative estimate of drug-likeness (QED) is 0.399. The molecule has 0 bridgehead atoms. The fourth-order valence-electron chi connectivity index (χ4n) is 3.09. The van der Waals surface area contributed by atoms with E-state index in [2.05, 4.69) is 39.3 Å². The Balaban J connectivity index is 2.27. The summed E-state index contributed by atoms with van der Waals surface area (Å²) in [5.41, 5.74) is 0. The van der Waals surface area contributed by atoms with E-state index in [1.54, 1.807) is 7.05 Å². The molecular formula is C17H35N5O. The van der Waals surface area contributed by atoms with Crippen molar-refractivity contribution in [2.45, 2.75) is 39.5 Å². The van der Waals surface area contributed by atoms with Crippen molar-refractivity contribution in [1.29, 1.82) is 0 Å². The molecule has 0 aromatic carbocycles. The van der Waals surface area contributed by atoms with Crippen LogP contribution < -0.4 is 10.6 Å². The monoisotopic (exact) mass is 325 g/mol. The lowest BCUT2D eigenvalue weighted by atomic mass is 9.93. The van der Waals surface area contributed by atoms with Crippen LogP contribution in [0.15, 0.2) is 4.99 Å². The number of likely N-dealkylation sites (tertiary alicyclic amines) is 1. The zero-order chi connectivity index (χ0) is 17.1. The van der Waals surface area contributed by atoms with E-state index in [0.717, 1.165) is 64.5 Å². The van der Waals surface area contributed by atoms with Crippen LogP contribution in [-0.4, -0.2) is 75.0 Å². The molecule has 0 spiro atoms. The lowest BCUT2D eigenvalue weighted by Gasteiger charge is -2.34. The minimum Gasteiger partial charge on any atom is -0.359 e. The predicted molar refractivity (Wildman–Crippen MR) is 96.7 cm³/mol. The number of hydrogen-bond donors (Lipinski definition) is 2. The van der Waals surface area contributed by atoms with Gasteiger partial charge in [-0.3, -0.25) is 9.79 Å². The van der Waals surface area contributed by atoms with Crippen LogP contribution >= 0.6 is 0 Å². The van der Waals surface area contributed by atoms with Crippen molar-refractivity contribution < 1.29 is 4.79 Å². The van der Waals surface area contributed by atoms with E-state index in [9.17, 15) is 4.79 Å². The Morgan fingerprint density at radius 1 is 1.26 bits per heavy atom. The number of rotatable bonds is 8.